The van der Waals surface area contributed by atoms with Gasteiger partial charge in [-0.1, -0.05) is 11.2 Å². The highest BCUT2D eigenvalue weighted by molar-refractivity contribution is 5.86. The van der Waals surface area contributed by atoms with Crippen LogP contribution in [-0.2, 0) is 0 Å². The van der Waals surface area contributed by atoms with E-state index in [1.807, 2.05) is 26.0 Å². The third-order valence-corrected chi connectivity index (χ3v) is 2.45. The van der Waals surface area contributed by atoms with Crippen molar-refractivity contribution in [3.8, 4) is 0 Å². The van der Waals surface area contributed by atoms with Crippen LogP contribution in [0.2, 0.25) is 0 Å². The molecule has 0 saturated carbocycles. The van der Waals surface area contributed by atoms with Crippen LogP contribution in [0.15, 0.2) is 23.3 Å². The number of nitrogens with zero attached hydrogens (tertiary/aromatic N) is 3. The molecule has 1 N–H and O–H groups in total. The second kappa shape index (κ2) is 3.09. The number of nitrogens with one attached hydrogen (secondary N) is 1. The Labute approximate surface area is 81.2 Å². The molecule has 70 valence electrons. The van der Waals surface area contributed by atoms with Gasteiger partial charge in [-0.25, -0.2) is 0 Å². The van der Waals surface area contributed by atoms with Crippen LogP contribution >= 0.6 is 0 Å². The van der Waals surface area contributed by atoms with Gasteiger partial charge in [-0.2, -0.15) is 0 Å². The number of aryl methyl sites for hydroxylation is 2. The SMILES string of the molecule is Cc1[nH]c2ccc(N=[N+]=[N-])cc2c1C. The van der Waals surface area contributed by atoms with Crippen molar-refractivity contribution < 1.29 is 0 Å². The van der Waals surface area contributed by atoms with Gasteiger partial charge in [0.2, 0.25) is 0 Å². The molecule has 0 bridgehead atoms. The lowest BCUT2D eigenvalue weighted by molar-refractivity contribution is 1.25. The number of aromatic amines is 1. The largest absolute Gasteiger partial charge is 0.358 e. The number of azide groups is 1. The Hall–Kier alpha value is -1.93. The van der Waals surface area contributed by atoms with Crippen molar-refractivity contribution in [2.75, 3.05) is 0 Å². The molecule has 1 heterocycles. The third kappa shape index (κ3) is 1.22. The topological polar surface area (TPSA) is 64.5 Å². The molecule has 0 fully saturated rings. The molecule has 0 unspecified atom stereocenters. The third-order valence-electron chi connectivity index (χ3n) is 2.45. The van der Waals surface area contributed by atoms with Crippen molar-refractivity contribution >= 4 is 16.6 Å². The maximum absolute atomic E-state index is 8.32. The molecule has 2 rings (SSSR count). The maximum atomic E-state index is 8.32. The molecule has 0 atom stereocenters. The van der Waals surface area contributed by atoms with Crippen LogP contribution in [0.25, 0.3) is 21.3 Å². The fourth-order valence-corrected chi connectivity index (χ4v) is 1.56. The van der Waals surface area contributed by atoms with E-state index in [0.29, 0.717) is 5.69 Å². The van der Waals surface area contributed by atoms with E-state index in [2.05, 4.69) is 15.0 Å². The zero-order chi connectivity index (χ0) is 10.1. The molecule has 0 aliphatic rings. The molecule has 1 aromatic heterocycles. The van der Waals surface area contributed by atoms with E-state index in [0.717, 1.165) is 16.6 Å². The highest BCUT2D eigenvalue weighted by Crippen LogP contribution is 2.25. The van der Waals surface area contributed by atoms with Gasteiger partial charge < -0.3 is 4.98 Å². The van der Waals surface area contributed by atoms with Gasteiger partial charge in [0.05, 0.1) is 0 Å². The van der Waals surface area contributed by atoms with Gasteiger partial charge in [0, 0.05) is 27.2 Å². The summed E-state index contributed by atoms with van der Waals surface area (Å²) in [4.78, 5) is 6.03. The monoisotopic (exact) mass is 186 g/mol. The summed E-state index contributed by atoms with van der Waals surface area (Å²) in [6.45, 7) is 4.08. The molecule has 4 heteroatoms. The second-order valence-electron chi connectivity index (χ2n) is 3.29. The number of hydrogen-bond donors (Lipinski definition) is 1. The van der Waals surface area contributed by atoms with Gasteiger partial charge in [-0.05, 0) is 37.1 Å². The molecule has 0 amide bonds. The molecule has 0 saturated heterocycles. The standard InChI is InChI=1S/C10H10N4/c1-6-7(2)12-10-4-3-8(13-14-11)5-9(6)10/h3-5,12H,1-2H3. The molecule has 0 radical (unpaired) electrons. The van der Waals surface area contributed by atoms with Gasteiger partial charge in [-0.3, -0.25) is 0 Å². The van der Waals surface area contributed by atoms with Crippen LogP contribution < -0.4 is 0 Å². The average Bonchev–Trinajstić information content (AvgIpc) is 2.45. The predicted molar refractivity (Wildman–Crippen MR) is 56.6 cm³/mol. The second-order valence-corrected chi connectivity index (χ2v) is 3.29. The van der Waals surface area contributed by atoms with E-state index in [9.17, 15) is 0 Å². The molecule has 1 aromatic carbocycles. The Morgan fingerprint density at radius 1 is 1.36 bits per heavy atom. The smallest absolute Gasteiger partial charge is 0.0458 e. The molecule has 0 spiro atoms. The van der Waals surface area contributed by atoms with Crippen molar-refractivity contribution in [1.82, 2.24) is 4.98 Å². The zero-order valence-corrected chi connectivity index (χ0v) is 8.07. The Bertz CT molecular complexity index is 532. The number of aromatic nitrogens is 1. The highest BCUT2D eigenvalue weighted by Gasteiger charge is 2.03. The van der Waals surface area contributed by atoms with Crippen LogP contribution in [0.1, 0.15) is 11.3 Å². The van der Waals surface area contributed by atoms with Crippen LogP contribution in [0.4, 0.5) is 5.69 Å². The first-order chi connectivity index (χ1) is 6.72. The number of rotatable bonds is 1. The summed E-state index contributed by atoms with van der Waals surface area (Å²) in [5.41, 5.74) is 12.4. The fraction of sp³-hybridized carbons (Fsp3) is 0.200. The van der Waals surface area contributed by atoms with E-state index >= 15 is 0 Å². The summed E-state index contributed by atoms with van der Waals surface area (Å²) in [6, 6.07) is 5.63. The summed E-state index contributed by atoms with van der Waals surface area (Å²) >= 11 is 0. The minimum atomic E-state index is 0.655. The summed E-state index contributed by atoms with van der Waals surface area (Å²) < 4.78 is 0. The molecule has 14 heavy (non-hydrogen) atoms. The maximum Gasteiger partial charge on any atom is 0.0458 e. The minimum Gasteiger partial charge on any atom is -0.358 e. The van der Waals surface area contributed by atoms with Crippen LogP contribution in [0.5, 0.6) is 0 Å². The zero-order valence-electron chi connectivity index (χ0n) is 8.07. The van der Waals surface area contributed by atoms with Gasteiger partial charge >= 0.3 is 0 Å². The van der Waals surface area contributed by atoms with Gasteiger partial charge in [-0.15, -0.1) is 0 Å². The Kier molecular flexibility index (Phi) is 1.91. The first kappa shape index (κ1) is 8.66. The van der Waals surface area contributed by atoms with Crippen LogP contribution in [0.3, 0.4) is 0 Å². The minimum absolute atomic E-state index is 0.655. The first-order valence-electron chi connectivity index (χ1n) is 4.36. The summed E-state index contributed by atoms with van der Waals surface area (Å²) in [7, 11) is 0. The van der Waals surface area contributed by atoms with Gasteiger partial charge in [0.25, 0.3) is 0 Å². The number of fused-ring (bicyclic) bond motifs is 1. The van der Waals surface area contributed by atoms with Crippen molar-refractivity contribution in [3.63, 3.8) is 0 Å². The summed E-state index contributed by atoms with van der Waals surface area (Å²) in [5.74, 6) is 0. The average molecular weight is 186 g/mol. The summed E-state index contributed by atoms with van der Waals surface area (Å²) in [6.07, 6.45) is 0. The van der Waals surface area contributed by atoms with Crippen molar-refractivity contribution in [3.05, 3.63) is 39.9 Å². The van der Waals surface area contributed by atoms with Gasteiger partial charge in [0.1, 0.15) is 0 Å². The number of hydrogen-bond acceptors (Lipinski definition) is 1. The first-order valence-corrected chi connectivity index (χ1v) is 4.36. The summed E-state index contributed by atoms with van der Waals surface area (Å²) in [5, 5.41) is 4.69. The van der Waals surface area contributed by atoms with Crippen molar-refractivity contribution in [2.45, 2.75) is 13.8 Å². The van der Waals surface area contributed by atoms with Crippen LogP contribution in [0, 0.1) is 13.8 Å². The lowest BCUT2D eigenvalue weighted by Crippen LogP contribution is -1.71. The Morgan fingerprint density at radius 3 is 2.86 bits per heavy atom. The Balaban J connectivity index is 2.75. The van der Waals surface area contributed by atoms with Crippen LogP contribution in [-0.4, -0.2) is 4.98 Å². The molecular formula is C10H10N4. The van der Waals surface area contributed by atoms with E-state index in [1.54, 1.807) is 6.07 Å². The molecular weight excluding hydrogens is 176 g/mol. The lowest BCUT2D eigenvalue weighted by Gasteiger charge is -1.93. The predicted octanol–water partition coefficient (Wildman–Crippen LogP) is 3.73. The number of benzene rings is 1. The number of H-pyrrole nitrogens is 1. The quantitative estimate of drug-likeness (QED) is 0.400. The van der Waals surface area contributed by atoms with E-state index in [-0.39, 0.29) is 0 Å². The molecule has 2 aromatic rings. The lowest BCUT2D eigenvalue weighted by atomic mass is 10.1. The van der Waals surface area contributed by atoms with E-state index in [1.165, 1.54) is 5.56 Å². The fourth-order valence-electron chi connectivity index (χ4n) is 1.56. The van der Waals surface area contributed by atoms with Crippen molar-refractivity contribution in [2.24, 2.45) is 5.11 Å². The normalized spacial score (nSPS) is 10.1. The van der Waals surface area contributed by atoms with E-state index in [4.69, 9.17) is 5.53 Å². The molecule has 0 aliphatic heterocycles. The molecule has 0 aliphatic carbocycles. The van der Waals surface area contributed by atoms with Gasteiger partial charge in [0.15, 0.2) is 0 Å². The Morgan fingerprint density at radius 2 is 2.14 bits per heavy atom. The van der Waals surface area contributed by atoms with Crippen molar-refractivity contribution in [1.29, 1.82) is 0 Å². The highest BCUT2D eigenvalue weighted by atomic mass is 15.1. The molecule has 4 nitrogen and oxygen atoms in total. The van der Waals surface area contributed by atoms with E-state index < -0.39 is 0 Å².